The van der Waals surface area contributed by atoms with Gasteiger partial charge >= 0.3 is 6.61 Å². The van der Waals surface area contributed by atoms with Gasteiger partial charge in [0.2, 0.25) is 0 Å². The van der Waals surface area contributed by atoms with Gasteiger partial charge in [-0.25, -0.2) is 12.8 Å². The number of rotatable bonds is 3. The van der Waals surface area contributed by atoms with Gasteiger partial charge in [0, 0.05) is 10.7 Å². The number of nitrogens with zero attached hydrogens (tertiary/aromatic N) is 1. The molecule has 0 amide bonds. The van der Waals surface area contributed by atoms with Gasteiger partial charge in [-0.2, -0.15) is 8.78 Å². The van der Waals surface area contributed by atoms with Crippen LogP contribution in [0.1, 0.15) is 0 Å². The summed E-state index contributed by atoms with van der Waals surface area (Å²) < 4.78 is 61.9. The summed E-state index contributed by atoms with van der Waals surface area (Å²) in [6, 6.07) is 0. The van der Waals surface area contributed by atoms with E-state index in [4.69, 9.17) is 10.7 Å². The molecule has 0 unspecified atom stereocenters. The van der Waals surface area contributed by atoms with Gasteiger partial charge in [-0.3, -0.25) is 4.98 Å². The van der Waals surface area contributed by atoms with Crippen LogP contribution in [0.4, 0.5) is 13.2 Å². The highest BCUT2D eigenvalue weighted by atomic mass is 35.7. The lowest BCUT2D eigenvalue weighted by Gasteiger charge is -2.08. The summed E-state index contributed by atoms with van der Waals surface area (Å²) in [6.07, 6.45) is 1.15. The average Bonchev–Trinajstić information content (AvgIpc) is 2.05. The number of pyridine rings is 1. The second kappa shape index (κ2) is 4.23. The summed E-state index contributed by atoms with van der Waals surface area (Å²) in [5.41, 5.74) is 0. The van der Waals surface area contributed by atoms with E-state index in [0.717, 1.165) is 0 Å². The van der Waals surface area contributed by atoms with Crippen molar-refractivity contribution < 1.29 is 26.3 Å². The second-order valence-electron chi connectivity index (χ2n) is 2.26. The van der Waals surface area contributed by atoms with Crippen LogP contribution >= 0.6 is 10.7 Å². The SMILES string of the molecule is O=S(=O)(Cl)c1cncc(F)c1OC(F)F. The molecule has 1 rings (SSSR count). The summed E-state index contributed by atoms with van der Waals surface area (Å²) in [5, 5.41) is 0. The summed E-state index contributed by atoms with van der Waals surface area (Å²) in [7, 11) is 0.470. The Morgan fingerprint density at radius 2 is 2.00 bits per heavy atom. The zero-order chi connectivity index (χ0) is 11.6. The maximum Gasteiger partial charge on any atom is 0.387 e. The Morgan fingerprint density at radius 3 is 2.47 bits per heavy atom. The van der Waals surface area contributed by atoms with E-state index < -0.39 is 32.1 Å². The van der Waals surface area contributed by atoms with Gasteiger partial charge in [0.05, 0.1) is 12.4 Å². The molecule has 0 fully saturated rings. The summed E-state index contributed by atoms with van der Waals surface area (Å²) in [6.45, 7) is -3.36. The average molecular weight is 262 g/mol. The minimum atomic E-state index is -4.39. The maximum absolute atomic E-state index is 12.9. The van der Waals surface area contributed by atoms with Gasteiger partial charge in [-0.05, 0) is 0 Å². The monoisotopic (exact) mass is 261 g/mol. The van der Waals surface area contributed by atoms with E-state index in [1.807, 2.05) is 0 Å². The summed E-state index contributed by atoms with van der Waals surface area (Å²) >= 11 is 0. The fourth-order valence-electron chi connectivity index (χ4n) is 0.782. The maximum atomic E-state index is 12.9. The fourth-order valence-corrected chi connectivity index (χ4v) is 1.67. The van der Waals surface area contributed by atoms with Crippen LogP contribution in [0.2, 0.25) is 0 Å². The van der Waals surface area contributed by atoms with Gasteiger partial charge < -0.3 is 4.74 Å². The Bertz CT molecular complexity index is 465. The summed E-state index contributed by atoms with van der Waals surface area (Å²) in [5.74, 6) is -2.48. The van der Waals surface area contributed by atoms with E-state index in [1.165, 1.54) is 0 Å². The number of aromatic nitrogens is 1. The molecule has 15 heavy (non-hydrogen) atoms. The third kappa shape index (κ3) is 2.96. The molecule has 0 N–H and O–H groups in total. The van der Waals surface area contributed by atoms with Crippen molar-refractivity contribution in [3.63, 3.8) is 0 Å². The van der Waals surface area contributed by atoms with Crippen molar-refractivity contribution in [3.8, 4) is 5.75 Å². The van der Waals surface area contributed by atoms with Crippen LogP contribution in [0.25, 0.3) is 0 Å². The van der Waals surface area contributed by atoms with E-state index in [9.17, 15) is 21.6 Å². The number of alkyl halides is 2. The van der Waals surface area contributed by atoms with Crippen molar-refractivity contribution in [3.05, 3.63) is 18.2 Å². The molecule has 0 spiro atoms. The van der Waals surface area contributed by atoms with Crippen molar-refractivity contribution >= 4 is 19.7 Å². The van der Waals surface area contributed by atoms with E-state index in [-0.39, 0.29) is 0 Å². The normalized spacial score (nSPS) is 11.8. The number of hydrogen-bond acceptors (Lipinski definition) is 4. The molecule has 1 aromatic rings. The molecule has 9 heteroatoms. The Balaban J connectivity index is 3.33. The Hall–Kier alpha value is -1.02. The number of halogens is 4. The molecule has 0 radical (unpaired) electrons. The Morgan fingerprint density at radius 1 is 1.40 bits per heavy atom. The van der Waals surface area contributed by atoms with Crippen LogP contribution in [0.5, 0.6) is 5.75 Å². The highest BCUT2D eigenvalue weighted by Crippen LogP contribution is 2.29. The predicted octanol–water partition coefficient (Wildman–Crippen LogP) is 1.75. The molecule has 0 bridgehead atoms. The van der Waals surface area contributed by atoms with Crippen LogP contribution in [-0.4, -0.2) is 20.0 Å². The highest BCUT2D eigenvalue weighted by Gasteiger charge is 2.23. The first-order valence-electron chi connectivity index (χ1n) is 3.35. The molecule has 84 valence electrons. The van der Waals surface area contributed by atoms with Crippen LogP contribution in [0.15, 0.2) is 17.3 Å². The minimum absolute atomic E-state index is 0.531. The van der Waals surface area contributed by atoms with Crippen molar-refractivity contribution in [2.45, 2.75) is 11.5 Å². The topological polar surface area (TPSA) is 56.3 Å². The summed E-state index contributed by atoms with van der Waals surface area (Å²) in [4.78, 5) is 2.21. The number of hydrogen-bond donors (Lipinski definition) is 0. The van der Waals surface area contributed by atoms with Crippen molar-refractivity contribution in [1.82, 2.24) is 4.98 Å². The largest absolute Gasteiger partial charge is 0.430 e. The first-order valence-corrected chi connectivity index (χ1v) is 5.66. The second-order valence-corrected chi connectivity index (χ2v) is 4.80. The van der Waals surface area contributed by atoms with Gasteiger partial charge in [0.25, 0.3) is 9.05 Å². The highest BCUT2D eigenvalue weighted by molar-refractivity contribution is 8.13. The molecular weight excluding hydrogens is 259 g/mol. The van der Waals surface area contributed by atoms with Crippen LogP contribution in [0.3, 0.4) is 0 Å². The molecule has 1 heterocycles. The third-order valence-electron chi connectivity index (χ3n) is 1.29. The lowest BCUT2D eigenvalue weighted by atomic mass is 10.4. The van der Waals surface area contributed by atoms with Crippen LogP contribution in [-0.2, 0) is 9.05 Å². The smallest absolute Gasteiger partial charge is 0.387 e. The fraction of sp³-hybridized carbons (Fsp3) is 0.167. The molecule has 0 aliphatic rings. The van der Waals surface area contributed by atoms with Crippen molar-refractivity contribution in [2.75, 3.05) is 0 Å². The van der Waals surface area contributed by atoms with E-state index >= 15 is 0 Å². The zero-order valence-corrected chi connectivity index (χ0v) is 8.40. The van der Waals surface area contributed by atoms with Gasteiger partial charge in [0.15, 0.2) is 11.6 Å². The Labute approximate surface area is 87.1 Å². The molecule has 0 saturated carbocycles. The van der Waals surface area contributed by atoms with Crippen LogP contribution in [0, 0.1) is 5.82 Å². The third-order valence-corrected chi connectivity index (χ3v) is 2.60. The quantitative estimate of drug-likeness (QED) is 0.778. The first kappa shape index (κ1) is 12.1. The Kier molecular flexibility index (Phi) is 3.40. The lowest BCUT2D eigenvalue weighted by Crippen LogP contribution is -2.08. The molecule has 0 saturated heterocycles. The predicted molar refractivity (Wildman–Crippen MR) is 43.9 cm³/mol. The first-order chi connectivity index (χ1) is 6.82. The molecule has 1 aromatic heterocycles. The van der Waals surface area contributed by atoms with Crippen molar-refractivity contribution in [2.24, 2.45) is 0 Å². The molecular formula is C6H3ClF3NO3S. The van der Waals surface area contributed by atoms with E-state index in [2.05, 4.69) is 9.72 Å². The van der Waals surface area contributed by atoms with Gasteiger partial charge in [0.1, 0.15) is 4.90 Å². The molecule has 0 aliphatic heterocycles. The molecule has 0 atom stereocenters. The zero-order valence-electron chi connectivity index (χ0n) is 6.82. The number of ether oxygens (including phenoxy) is 1. The van der Waals surface area contributed by atoms with Crippen molar-refractivity contribution in [1.29, 1.82) is 0 Å². The lowest BCUT2D eigenvalue weighted by molar-refractivity contribution is -0.0542. The standard InChI is InChI=1S/C6H3ClF3NO3S/c7-15(12,13)4-2-11-1-3(8)5(4)14-6(9)10/h1-2,6H. The van der Waals surface area contributed by atoms with Gasteiger partial charge in [-0.1, -0.05) is 0 Å². The minimum Gasteiger partial charge on any atom is -0.430 e. The van der Waals surface area contributed by atoms with Crippen LogP contribution < -0.4 is 4.74 Å². The van der Waals surface area contributed by atoms with Gasteiger partial charge in [-0.15, -0.1) is 0 Å². The molecule has 4 nitrogen and oxygen atoms in total. The molecule has 0 aromatic carbocycles. The molecule has 0 aliphatic carbocycles. The van der Waals surface area contributed by atoms with E-state index in [0.29, 0.717) is 12.4 Å². The van der Waals surface area contributed by atoms with E-state index in [1.54, 1.807) is 0 Å².